The minimum atomic E-state index is -0.570. The van der Waals surface area contributed by atoms with Crippen LogP contribution in [0.5, 0.6) is 11.5 Å². The molecule has 0 saturated carbocycles. The van der Waals surface area contributed by atoms with Crippen LogP contribution >= 0.6 is 15.9 Å². The summed E-state index contributed by atoms with van der Waals surface area (Å²) >= 11 is 3.44. The van der Waals surface area contributed by atoms with Gasteiger partial charge in [-0.2, -0.15) is 0 Å². The van der Waals surface area contributed by atoms with E-state index in [2.05, 4.69) is 31.5 Å². The van der Waals surface area contributed by atoms with Crippen LogP contribution in [0, 0.1) is 0 Å². The van der Waals surface area contributed by atoms with Crippen LogP contribution in [0.15, 0.2) is 65.3 Å². The Balaban J connectivity index is 1.38. The molecule has 1 aliphatic heterocycles. The molecular weight excluding hydrogens is 526 g/mol. The van der Waals surface area contributed by atoms with Gasteiger partial charge in [0.1, 0.15) is 11.5 Å². The van der Waals surface area contributed by atoms with E-state index in [0.717, 1.165) is 21.2 Å². The smallest absolute Gasteiger partial charge is 0.318 e. The first-order valence-corrected chi connectivity index (χ1v) is 12.1. The molecule has 11 heteroatoms. The zero-order valence-corrected chi connectivity index (χ0v) is 21.0. The first-order valence-electron chi connectivity index (χ1n) is 11.3. The number of amides is 3. The highest BCUT2D eigenvalue weighted by Gasteiger charge is 2.31. The number of aromatic nitrogens is 3. The maximum atomic E-state index is 12.2. The van der Waals surface area contributed by atoms with Crippen molar-refractivity contribution in [3.8, 4) is 11.5 Å². The number of ether oxygens (including phenoxy) is 1. The fourth-order valence-electron chi connectivity index (χ4n) is 4.18. The average Bonchev–Trinajstić information content (AvgIpc) is 3.41. The number of anilines is 2. The number of nitrogens with one attached hydrogen (secondary N) is 2. The molecule has 1 unspecified atom stereocenters. The second kappa shape index (κ2) is 9.86. The van der Waals surface area contributed by atoms with Gasteiger partial charge in [0.15, 0.2) is 0 Å². The molecule has 4 aromatic rings. The van der Waals surface area contributed by atoms with Gasteiger partial charge in [-0.05, 0) is 42.5 Å². The van der Waals surface area contributed by atoms with Gasteiger partial charge in [0, 0.05) is 48.6 Å². The van der Waals surface area contributed by atoms with Crippen LogP contribution in [0.1, 0.15) is 18.2 Å². The van der Waals surface area contributed by atoms with Crippen molar-refractivity contribution in [1.82, 2.24) is 24.8 Å². The molecule has 10 nitrogen and oxygen atoms in total. The molecular formula is C25H24BrN7O3. The van der Waals surface area contributed by atoms with E-state index in [1.807, 2.05) is 54.1 Å². The first-order chi connectivity index (χ1) is 17.4. The highest BCUT2D eigenvalue weighted by Crippen LogP contribution is 2.31. The van der Waals surface area contributed by atoms with Gasteiger partial charge < -0.3 is 30.6 Å². The van der Waals surface area contributed by atoms with E-state index in [-0.39, 0.29) is 12.5 Å². The third kappa shape index (κ3) is 4.96. The molecule has 1 saturated heterocycles. The van der Waals surface area contributed by atoms with Crippen molar-refractivity contribution in [1.29, 1.82) is 0 Å². The quantitative estimate of drug-likeness (QED) is 0.302. The third-order valence-electron chi connectivity index (χ3n) is 5.94. The van der Waals surface area contributed by atoms with Crippen LogP contribution in [0.3, 0.4) is 0 Å². The van der Waals surface area contributed by atoms with Crippen LogP contribution < -0.4 is 21.1 Å². The highest BCUT2D eigenvalue weighted by atomic mass is 79.9. The normalized spacial score (nSPS) is 14.1. The summed E-state index contributed by atoms with van der Waals surface area (Å²) in [6.45, 7) is 0.976. The fraction of sp³-hybridized carbons (Fsp3) is 0.200. The number of nitrogens with zero attached hydrogens (tertiary/aromatic N) is 4. The summed E-state index contributed by atoms with van der Waals surface area (Å²) in [5.41, 5.74) is 8.62. The van der Waals surface area contributed by atoms with E-state index in [4.69, 9.17) is 15.5 Å². The summed E-state index contributed by atoms with van der Waals surface area (Å²) in [6, 6.07) is 16.2. The Morgan fingerprint density at radius 3 is 2.69 bits per heavy atom. The minimum Gasteiger partial charge on any atom is -0.457 e. The van der Waals surface area contributed by atoms with Crippen LogP contribution in [0.25, 0.3) is 11.0 Å². The third-order valence-corrected chi connectivity index (χ3v) is 6.47. The summed E-state index contributed by atoms with van der Waals surface area (Å²) in [5, 5.41) is 6.08. The van der Waals surface area contributed by atoms with E-state index >= 15 is 0 Å². The molecule has 5 rings (SSSR count). The molecule has 4 N–H and O–H groups in total. The molecule has 0 spiro atoms. The number of carbonyl (C=O) groups excluding carboxylic acids is 2. The number of primary amides is 1. The summed E-state index contributed by atoms with van der Waals surface area (Å²) in [6.07, 6.45) is 1.56. The minimum absolute atomic E-state index is 0.0298. The van der Waals surface area contributed by atoms with Crippen molar-refractivity contribution in [2.45, 2.75) is 12.5 Å². The molecule has 2 aromatic heterocycles. The monoisotopic (exact) mass is 549 g/mol. The maximum absolute atomic E-state index is 12.2. The Morgan fingerprint density at radius 1 is 1.19 bits per heavy atom. The number of hydrogen-bond donors (Lipinski definition) is 3. The van der Waals surface area contributed by atoms with Gasteiger partial charge in [-0.15, -0.1) is 0 Å². The van der Waals surface area contributed by atoms with Crippen LogP contribution in [-0.2, 0) is 11.8 Å². The number of pyridine rings is 1. The van der Waals surface area contributed by atoms with E-state index in [1.165, 1.54) is 0 Å². The Hall–Kier alpha value is -4.12. The van der Waals surface area contributed by atoms with E-state index in [0.29, 0.717) is 36.2 Å². The second-order valence-corrected chi connectivity index (χ2v) is 9.32. The lowest BCUT2D eigenvalue weighted by Crippen LogP contribution is -2.35. The lowest BCUT2D eigenvalue weighted by atomic mass is 10.1. The molecule has 3 heterocycles. The molecule has 2 aromatic carbocycles. The van der Waals surface area contributed by atoms with Crippen LogP contribution in [0.4, 0.5) is 16.4 Å². The van der Waals surface area contributed by atoms with Gasteiger partial charge in [0.05, 0.1) is 29.2 Å². The summed E-state index contributed by atoms with van der Waals surface area (Å²) in [7, 11) is 1.94. The number of hydrogen-bond acceptors (Lipinski definition) is 6. The lowest BCUT2D eigenvalue weighted by molar-refractivity contribution is -0.119. The lowest BCUT2D eigenvalue weighted by Gasteiger charge is -2.25. The zero-order valence-electron chi connectivity index (χ0n) is 19.4. The van der Waals surface area contributed by atoms with E-state index in [1.54, 1.807) is 23.2 Å². The number of rotatable bonds is 8. The van der Waals surface area contributed by atoms with Gasteiger partial charge in [0.2, 0.25) is 11.9 Å². The van der Waals surface area contributed by atoms with Gasteiger partial charge in [-0.1, -0.05) is 15.9 Å². The van der Waals surface area contributed by atoms with E-state index in [9.17, 15) is 9.59 Å². The number of aryl methyl sites for hydroxylation is 1. The van der Waals surface area contributed by atoms with Crippen LogP contribution in [0.2, 0.25) is 0 Å². The Labute approximate surface area is 215 Å². The molecule has 0 radical (unpaired) electrons. The van der Waals surface area contributed by atoms with Gasteiger partial charge in [-0.3, -0.25) is 9.78 Å². The average molecular weight is 550 g/mol. The molecule has 0 bridgehead atoms. The van der Waals surface area contributed by atoms with Crippen molar-refractivity contribution >= 4 is 50.5 Å². The van der Waals surface area contributed by atoms with Crippen molar-refractivity contribution in [3.63, 3.8) is 0 Å². The first kappa shape index (κ1) is 23.6. The molecule has 0 aliphatic carbocycles. The standard InChI is InChI=1S/C25H24BrN7O3/c1-32-21-7-6-17(13-20(21)31-24(32)30-16-4-2-15(26)3-5-16)36-18-8-9-28-19(12-18)22(14-23(27)34)33-11-10-29-25(33)35/h2-9,12-13,22H,10-11,14H2,1H3,(H2,27,34)(H,29,35)(H,30,31). The van der Waals surface area contributed by atoms with Gasteiger partial charge in [-0.25, -0.2) is 9.78 Å². The number of carbonyl (C=O) groups is 2. The molecule has 184 valence electrons. The van der Waals surface area contributed by atoms with Crippen molar-refractivity contribution in [2.24, 2.45) is 12.8 Å². The summed E-state index contributed by atoms with van der Waals surface area (Å²) in [5.74, 6) is 1.31. The van der Waals surface area contributed by atoms with Crippen LogP contribution in [-0.4, -0.2) is 44.5 Å². The molecule has 1 aliphatic rings. The van der Waals surface area contributed by atoms with Gasteiger partial charge in [0.25, 0.3) is 0 Å². The summed E-state index contributed by atoms with van der Waals surface area (Å²) < 4.78 is 9.08. The number of benzene rings is 2. The molecule has 36 heavy (non-hydrogen) atoms. The Bertz CT molecular complexity index is 1440. The number of halogens is 1. The van der Waals surface area contributed by atoms with E-state index < -0.39 is 11.9 Å². The van der Waals surface area contributed by atoms with Crippen molar-refractivity contribution < 1.29 is 14.3 Å². The number of nitrogens with two attached hydrogens (primary N) is 1. The predicted octanol–water partition coefficient (Wildman–Crippen LogP) is 4.21. The second-order valence-electron chi connectivity index (χ2n) is 8.41. The topological polar surface area (TPSA) is 127 Å². The molecule has 3 amide bonds. The molecule has 1 fully saturated rings. The van der Waals surface area contributed by atoms with Crippen molar-refractivity contribution in [3.05, 3.63) is 71.0 Å². The predicted molar refractivity (Wildman–Crippen MR) is 139 cm³/mol. The number of imidazole rings is 1. The highest BCUT2D eigenvalue weighted by molar-refractivity contribution is 9.10. The maximum Gasteiger partial charge on any atom is 0.318 e. The van der Waals surface area contributed by atoms with Crippen molar-refractivity contribution in [2.75, 3.05) is 18.4 Å². The number of urea groups is 1. The summed E-state index contributed by atoms with van der Waals surface area (Å²) in [4.78, 5) is 34.6. The Kier molecular flexibility index (Phi) is 6.47. The zero-order chi connectivity index (χ0) is 25.2. The Morgan fingerprint density at radius 2 is 1.97 bits per heavy atom. The fourth-order valence-corrected chi connectivity index (χ4v) is 4.44. The number of fused-ring (bicyclic) bond motifs is 1. The van der Waals surface area contributed by atoms with Gasteiger partial charge >= 0.3 is 6.03 Å². The largest absolute Gasteiger partial charge is 0.457 e. The molecule has 1 atom stereocenters. The SMILES string of the molecule is Cn1c(Nc2ccc(Br)cc2)nc2cc(Oc3ccnc(C(CC(N)=O)N4CCNC4=O)c3)ccc21.